The zero-order valence-electron chi connectivity index (χ0n) is 15.8. The number of benzene rings is 1. The minimum absolute atomic E-state index is 0.461. The SMILES string of the molecule is Cc1nnc(C2CCN(c3ncccn3)CC2)n1CCCc1ccccc1. The van der Waals surface area contributed by atoms with Gasteiger partial charge in [-0.05, 0) is 44.2 Å². The Balaban J connectivity index is 1.37. The lowest BCUT2D eigenvalue weighted by molar-refractivity contribution is 0.454. The van der Waals surface area contributed by atoms with Crippen LogP contribution in [0.5, 0.6) is 0 Å². The molecule has 27 heavy (non-hydrogen) atoms. The number of aryl methyl sites for hydroxylation is 2. The van der Waals surface area contributed by atoms with Crippen molar-refractivity contribution in [1.29, 1.82) is 0 Å². The van der Waals surface area contributed by atoms with E-state index < -0.39 is 0 Å². The second kappa shape index (κ2) is 8.29. The van der Waals surface area contributed by atoms with Crippen LogP contribution < -0.4 is 4.90 Å². The van der Waals surface area contributed by atoms with Crippen LogP contribution >= 0.6 is 0 Å². The van der Waals surface area contributed by atoms with Gasteiger partial charge in [-0.25, -0.2) is 9.97 Å². The zero-order valence-corrected chi connectivity index (χ0v) is 15.8. The fourth-order valence-corrected chi connectivity index (χ4v) is 3.85. The molecule has 6 heteroatoms. The Kier molecular flexibility index (Phi) is 5.42. The van der Waals surface area contributed by atoms with Crippen molar-refractivity contribution in [3.05, 3.63) is 66.0 Å². The molecule has 1 aliphatic heterocycles. The van der Waals surface area contributed by atoms with Crippen LogP contribution in [0.2, 0.25) is 0 Å². The largest absolute Gasteiger partial charge is 0.341 e. The molecule has 0 saturated carbocycles. The van der Waals surface area contributed by atoms with Crippen molar-refractivity contribution in [2.75, 3.05) is 18.0 Å². The standard InChI is InChI=1S/C21H26N6/c1-17-24-25-20(27(17)14-5-9-18-7-3-2-4-8-18)19-10-15-26(16-11-19)21-22-12-6-13-23-21/h2-4,6-8,12-13,19H,5,9-11,14-16H2,1H3. The first-order valence-corrected chi connectivity index (χ1v) is 9.77. The molecule has 0 atom stereocenters. The Morgan fingerprint density at radius 1 is 0.963 bits per heavy atom. The molecule has 0 spiro atoms. The van der Waals surface area contributed by atoms with Gasteiger partial charge in [0, 0.05) is 37.9 Å². The second-order valence-corrected chi connectivity index (χ2v) is 7.16. The lowest BCUT2D eigenvalue weighted by Gasteiger charge is -2.31. The summed E-state index contributed by atoms with van der Waals surface area (Å²) < 4.78 is 2.32. The zero-order chi connectivity index (χ0) is 18.5. The van der Waals surface area contributed by atoms with Crippen molar-refractivity contribution in [1.82, 2.24) is 24.7 Å². The third kappa shape index (κ3) is 4.15. The van der Waals surface area contributed by atoms with E-state index in [1.807, 2.05) is 6.07 Å². The summed E-state index contributed by atoms with van der Waals surface area (Å²) in [6, 6.07) is 12.5. The predicted octanol–water partition coefficient (Wildman–Crippen LogP) is 3.39. The summed E-state index contributed by atoms with van der Waals surface area (Å²) in [5.74, 6) is 3.46. The van der Waals surface area contributed by atoms with Crippen LogP contribution in [-0.4, -0.2) is 37.8 Å². The molecule has 1 fully saturated rings. The van der Waals surface area contributed by atoms with Crippen LogP contribution in [0.15, 0.2) is 48.8 Å². The Bertz CT molecular complexity index is 838. The molecule has 0 unspecified atom stereocenters. The Labute approximate surface area is 160 Å². The maximum absolute atomic E-state index is 4.53. The van der Waals surface area contributed by atoms with Gasteiger partial charge < -0.3 is 9.47 Å². The summed E-state index contributed by atoms with van der Waals surface area (Å²) in [5, 5.41) is 8.90. The molecule has 0 bridgehead atoms. The van der Waals surface area contributed by atoms with E-state index in [1.54, 1.807) is 12.4 Å². The van der Waals surface area contributed by atoms with Crippen molar-refractivity contribution in [3.63, 3.8) is 0 Å². The van der Waals surface area contributed by atoms with Crippen LogP contribution in [0.25, 0.3) is 0 Å². The fraction of sp³-hybridized carbons (Fsp3) is 0.429. The highest BCUT2D eigenvalue weighted by Gasteiger charge is 2.26. The van der Waals surface area contributed by atoms with Crippen LogP contribution in [0.4, 0.5) is 5.95 Å². The fourth-order valence-electron chi connectivity index (χ4n) is 3.85. The molecular formula is C21H26N6. The van der Waals surface area contributed by atoms with E-state index in [0.717, 1.165) is 62.9 Å². The van der Waals surface area contributed by atoms with Crippen molar-refractivity contribution < 1.29 is 0 Å². The number of hydrogen-bond donors (Lipinski definition) is 0. The van der Waals surface area contributed by atoms with Crippen LogP contribution in [0.1, 0.15) is 42.4 Å². The third-order valence-electron chi connectivity index (χ3n) is 5.35. The van der Waals surface area contributed by atoms with E-state index in [2.05, 4.69) is 66.9 Å². The smallest absolute Gasteiger partial charge is 0.225 e. The van der Waals surface area contributed by atoms with Gasteiger partial charge in [0.1, 0.15) is 11.6 Å². The van der Waals surface area contributed by atoms with Gasteiger partial charge in [-0.2, -0.15) is 0 Å². The third-order valence-corrected chi connectivity index (χ3v) is 5.35. The summed E-state index contributed by atoms with van der Waals surface area (Å²) in [4.78, 5) is 11.0. The van der Waals surface area contributed by atoms with E-state index >= 15 is 0 Å². The van der Waals surface area contributed by atoms with Crippen molar-refractivity contribution in [2.45, 2.75) is 45.1 Å². The molecule has 0 N–H and O–H groups in total. The number of rotatable bonds is 6. The quantitative estimate of drug-likeness (QED) is 0.673. The van der Waals surface area contributed by atoms with Gasteiger partial charge in [-0.3, -0.25) is 0 Å². The Hall–Kier alpha value is -2.76. The highest BCUT2D eigenvalue weighted by atomic mass is 15.3. The van der Waals surface area contributed by atoms with Gasteiger partial charge in [0.25, 0.3) is 0 Å². The lowest BCUT2D eigenvalue weighted by Crippen LogP contribution is -2.34. The normalized spacial score (nSPS) is 15.2. The van der Waals surface area contributed by atoms with Gasteiger partial charge in [0.2, 0.25) is 5.95 Å². The highest BCUT2D eigenvalue weighted by Crippen LogP contribution is 2.28. The van der Waals surface area contributed by atoms with Crippen molar-refractivity contribution in [2.24, 2.45) is 0 Å². The summed E-state index contributed by atoms with van der Waals surface area (Å²) >= 11 is 0. The van der Waals surface area contributed by atoms with E-state index in [0.29, 0.717) is 5.92 Å². The first kappa shape index (κ1) is 17.6. The van der Waals surface area contributed by atoms with Crippen molar-refractivity contribution >= 4 is 5.95 Å². The number of aromatic nitrogens is 5. The van der Waals surface area contributed by atoms with Crippen molar-refractivity contribution in [3.8, 4) is 0 Å². The lowest BCUT2D eigenvalue weighted by atomic mass is 9.96. The van der Waals surface area contributed by atoms with Gasteiger partial charge in [-0.1, -0.05) is 30.3 Å². The van der Waals surface area contributed by atoms with E-state index in [-0.39, 0.29) is 0 Å². The number of anilines is 1. The number of piperidine rings is 1. The van der Waals surface area contributed by atoms with Crippen LogP contribution in [0.3, 0.4) is 0 Å². The van der Waals surface area contributed by atoms with Gasteiger partial charge in [0.15, 0.2) is 0 Å². The molecule has 6 nitrogen and oxygen atoms in total. The molecule has 1 saturated heterocycles. The topological polar surface area (TPSA) is 59.7 Å². The molecule has 0 amide bonds. The highest BCUT2D eigenvalue weighted by molar-refractivity contribution is 5.29. The molecular weight excluding hydrogens is 336 g/mol. The average molecular weight is 362 g/mol. The van der Waals surface area contributed by atoms with Gasteiger partial charge >= 0.3 is 0 Å². The summed E-state index contributed by atoms with van der Waals surface area (Å²) in [7, 11) is 0. The van der Waals surface area contributed by atoms with E-state index in [1.165, 1.54) is 5.56 Å². The molecule has 140 valence electrons. The molecule has 0 aliphatic carbocycles. The van der Waals surface area contributed by atoms with Gasteiger partial charge in [-0.15, -0.1) is 10.2 Å². The maximum Gasteiger partial charge on any atom is 0.225 e. The molecule has 4 rings (SSSR count). The molecule has 3 aromatic rings. The maximum atomic E-state index is 4.53. The predicted molar refractivity (Wildman–Crippen MR) is 106 cm³/mol. The minimum Gasteiger partial charge on any atom is -0.341 e. The summed E-state index contributed by atoms with van der Waals surface area (Å²) in [5.41, 5.74) is 1.39. The van der Waals surface area contributed by atoms with Crippen LogP contribution in [0, 0.1) is 6.92 Å². The first-order chi connectivity index (χ1) is 13.3. The van der Waals surface area contributed by atoms with E-state index in [9.17, 15) is 0 Å². The second-order valence-electron chi connectivity index (χ2n) is 7.16. The average Bonchev–Trinajstić information content (AvgIpc) is 3.10. The van der Waals surface area contributed by atoms with Gasteiger partial charge in [0.05, 0.1) is 0 Å². The minimum atomic E-state index is 0.461. The first-order valence-electron chi connectivity index (χ1n) is 9.77. The molecule has 1 aromatic carbocycles. The molecule has 3 heterocycles. The Morgan fingerprint density at radius 2 is 1.70 bits per heavy atom. The molecule has 2 aromatic heterocycles. The monoisotopic (exact) mass is 362 g/mol. The molecule has 0 radical (unpaired) electrons. The number of hydrogen-bond acceptors (Lipinski definition) is 5. The van der Waals surface area contributed by atoms with Crippen LogP contribution in [-0.2, 0) is 13.0 Å². The van der Waals surface area contributed by atoms with E-state index in [4.69, 9.17) is 0 Å². The molecule has 1 aliphatic rings. The number of nitrogens with zero attached hydrogens (tertiary/aromatic N) is 6. The summed E-state index contributed by atoms with van der Waals surface area (Å²) in [6.45, 7) is 4.96. The Morgan fingerprint density at radius 3 is 2.44 bits per heavy atom. The summed E-state index contributed by atoms with van der Waals surface area (Å²) in [6.07, 6.45) is 7.93.